The van der Waals surface area contributed by atoms with E-state index in [-0.39, 0.29) is 5.69 Å². The number of fused-ring (bicyclic) bond motifs is 1. The normalized spacial score (nSPS) is 13.1. The summed E-state index contributed by atoms with van der Waals surface area (Å²) in [5.74, 6) is -0.671. The number of ether oxygens (including phenoxy) is 1. The van der Waals surface area contributed by atoms with Gasteiger partial charge in [0.05, 0.1) is 46.5 Å². The average molecular weight is 469 g/mol. The number of primary amides is 1. The number of carbonyl (C=O) groups is 1. The molecule has 10 heteroatoms. The molecule has 1 aliphatic heterocycles. The molecule has 3 N–H and O–H groups in total. The number of hydrogen-bond donors (Lipinski definition) is 2. The molecule has 0 radical (unpaired) electrons. The van der Waals surface area contributed by atoms with Crippen LogP contribution in [0.15, 0.2) is 54.9 Å². The fraction of sp³-hybridized carbons (Fsp3) is 0.136. The first kappa shape index (κ1) is 20.6. The Labute approximate surface area is 193 Å². The van der Waals surface area contributed by atoms with E-state index in [2.05, 4.69) is 15.5 Å². The van der Waals surface area contributed by atoms with Crippen LogP contribution in [0, 0.1) is 0 Å². The first-order chi connectivity index (χ1) is 15.5. The van der Waals surface area contributed by atoms with E-state index in [1.165, 1.54) is 4.68 Å². The number of para-hydroxylation sites is 1. The Bertz CT molecular complexity index is 1270. The van der Waals surface area contributed by atoms with Crippen LogP contribution >= 0.6 is 23.2 Å². The van der Waals surface area contributed by atoms with Crippen LogP contribution in [0.25, 0.3) is 11.4 Å². The standard InChI is InChI=1S/C22H18Cl2N6O2/c23-16-2-1-3-17(24)21(16)30-11-19(20(28-30)22(25)31)26-14-4-6-15(7-5-14)29-10-13-12-32-9-8-18(13)27-29/h1-7,10-11,26H,8-9,12H2,(H2,25,31). The molecule has 5 rings (SSSR count). The zero-order valence-electron chi connectivity index (χ0n) is 16.8. The Morgan fingerprint density at radius 1 is 1.03 bits per heavy atom. The van der Waals surface area contributed by atoms with Crippen molar-refractivity contribution >= 4 is 40.5 Å². The number of carbonyl (C=O) groups excluding carboxylic acids is 1. The molecule has 8 nitrogen and oxygen atoms in total. The van der Waals surface area contributed by atoms with E-state index in [0.29, 0.717) is 34.6 Å². The maximum absolute atomic E-state index is 12.0. The number of rotatable bonds is 5. The number of hydrogen-bond acceptors (Lipinski definition) is 5. The Kier molecular flexibility index (Phi) is 5.34. The molecular weight excluding hydrogens is 451 g/mol. The largest absolute Gasteiger partial charge is 0.376 e. The zero-order chi connectivity index (χ0) is 22.2. The van der Waals surface area contributed by atoms with Gasteiger partial charge in [0.1, 0.15) is 5.69 Å². The third-order valence-electron chi connectivity index (χ3n) is 5.14. The van der Waals surface area contributed by atoms with Crippen molar-refractivity contribution in [3.05, 3.63) is 81.9 Å². The van der Waals surface area contributed by atoms with E-state index in [0.717, 1.165) is 29.1 Å². The smallest absolute Gasteiger partial charge is 0.271 e. The van der Waals surface area contributed by atoms with Crippen molar-refractivity contribution in [3.8, 4) is 11.4 Å². The summed E-state index contributed by atoms with van der Waals surface area (Å²) in [5, 5.41) is 12.9. The highest BCUT2D eigenvalue weighted by molar-refractivity contribution is 6.37. The Hall–Kier alpha value is -3.33. The number of amides is 1. The molecular formula is C22H18Cl2N6O2. The third-order valence-corrected chi connectivity index (χ3v) is 5.75. The number of nitrogens with two attached hydrogens (primary N) is 1. The molecule has 1 amide bonds. The van der Waals surface area contributed by atoms with Gasteiger partial charge in [-0.25, -0.2) is 9.36 Å². The van der Waals surface area contributed by atoms with Crippen LogP contribution < -0.4 is 11.1 Å². The summed E-state index contributed by atoms with van der Waals surface area (Å²) in [6, 6.07) is 12.8. The lowest BCUT2D eigenvalue weighted by Crippen LogP contribution is -2.14. The summed E-state index contributed by atoms with van der Waals surface area (Å²) in [6.45, 7) is 1.28. The second-order valence-electron chi connectivity index (χ2n) is 7.29. The van der Waals surface area contributed by atoms with Crippen molar-refractivity contribution in [2.24, 2.45) is 5.73 Å². The fourth-order valence-corrected chi connectivity index (χ4v) is 4.15. The molecule has 3 heterocycles. The lowest BCUT2D eigenvalue weighted by atomic mass is 10.2. The SMILES string of the molecule is NC(=O)c1nn(-c2c(Cl)cccc2Cl)cc1Nc1ccc(-n2cc3c(n2)CCOC3)cc1. The molecule has 0 spiro atoms. The third kappa shape index (κ3) is 3.84. The molecule has 0 atom stereocenters. The summed E-state index contributed by atoms with van der Waals surface area (Å²) in [4.78, 5) is 12.0. The van der Waals surface area contributed by atoms with Gasteiger partial charge in [-0.05, 0) is 36.4 Å². The van der Waals surface area contributed by atoms with Crippen LogP contribution in [0.4, 0.5) is 11.4 Å². The van der Waals surface area contributed by atoms with Gasteiger partial charge < -0.3 is 15.8 Å². The van der Waals surface area contributed by atoms with Gasteiger partial charge in [0.25, 0.3) is 5.91 Å². The number of nitrogens with zero attached hydrogens (tertiary/aromatic N) is 4. The average Bonchev–Trinajstić information content (AvgIpc) is 3.39. The van der Waals surface area contributed by atoms with Crippen LogP contribution in [0.1, 0.15) is 21.7 Å². The van der Waals surface area contributed by atoms with Crippen LogP contribution in [0.3, 0.4) is 0 Å². The molecule has 0 saturated heterocycles. The topological polar surface area (TPSA) is 100.0 Å². The maximum atomic E-state index is 12.0. The highest BCUT2D eigenvalue weighted by Crippen LogP contribution is 2.30. The molecule has 162 valence electrons. The molecule has 1 aliphatic rings. The molecule has 32 heavy (non-hydrogen) atoms. The number of benzene rings is 2. The van der Waals surface area contributed by atoms with Gasteiger partial charge in [0.15, 0.2) is 5.69 Å². The monoisotopic (exact) mass is 468 g/mol. The van der Waals surface area contributed by atoms with Gasteiger partial charge in [-0.15, -0.1) is 0 Å². The summed E-state index contributed by atoms with van der Waals surface area (Å²) in [5.41, 5.74) is 10.4. The predicted octanol–water partition coefficient (Wildman–Crippen LogP) is 4.28. The summed E-state index contributed by atoms with van der Waals surface area (Å²) >= 11 is 12.6. The highest BCUT2D eigenvalue weighted by atomic mass is 35.5. The minimum absolute atomic E-state index is 0.0739. The molecule has 2 aromatic heterocycles. The Balaban J connectivity index is 1.43. The van der Waals surface area contributed by atoms with E-state index in [4.69, 9.17) is 33.7 Å². The van der Waals surface area contributed by atoms with E-state index >= 15 is 0 Å². The molecule has 0 aliphatic carbocycles. The van der Waals surface area contributed by atoms with Gasteiger partial charge in [-0.3, -0.25) is 4.79 Å². The van der Waals surface area contributed by atoms with Gasteiger partial charge in [0, 0.05) is 23.9 Å². The minimum Gasteiger partial charge on any atom is -0.376 e. The lowest BCUT2D eigenvalue weighted by Gasteiger charge is -2.08. The van der Waals surface area contributed by atoms with Crippen molar-refractivity contribution < 1.29 is 9.53 Å². The molecule has 0 fully saturated rings. The quantitative estimate of drug-likeness (QED) is 0.455. The Morgan fingerprint density at radius 2 is 1.78 bits per heavy atom. The van der Waals surface area contributed by atoms with E-state index in [1.807, 2.05) is 35.1 Å². The number of aromatic nitrogens is 4. The zero-order valence-corrected chi connectivity index (χ0v) is 18.3. The van der Waals surface area contributed by atoms with Crippen molar-refractivity contribution in [1.82, 2.24) is 19.6 Å². The van der Waals surface area contributed by atoms with Crippen molar-refractivity contribution in [2.75, 3.05) is 11.9 Å². The van der Waals surface area contributed by atoms with Crippen LogP contribution in [0.2, 0.25) is 10.0 Å². The van der Waals surface area contributed by atoms with Gasteiger partial charge in [-0.2, -0.15) is 10.2 Å². The first-order valence-corrected chi connectivity index (χ1v) is 10.6. The minimum atomic E-state index is -0.671. The Morgan fingerprint density at radius 3 is 2.47 bits per heavy atom. The van der Waals surface area contributed by atoms with E-state index in [9.17, 15) is 4.79 Å². The molecule has 0 unspecified atom stereocenters. The van der Waals surface area contributed by atoms with E-state index in [1.54, 1.807) is 24.4 Å². The predicted molar refractivity (Wildman–Crippen MR) is 122 cm³/mol. The van der Waals surface area contributed by atoms with Crippen LogP contribution in [-0.4, -0.2) is 32.1 Å². The number of anilines is 2. The summed E-state index contributed by atoms with van der Waals surface area (Å²) in [6.07, 6.45) is 4.43. The van der Waals surface area contributed by atoms with Crippen LogP contribution in [0.5, 0.6) is 0 Å². The fourth-order valence-electron chi connectivity index (χ4n) is 3.58. The molecule has 2 aromatic carbocycles. The number of nitrogens with one attached hydrogen (secondary N) is 1. The van der Waals surface area contributed by atoms with Crippen molar-refractivity contribution in [2.45, 2.75) is 13.0 Å². The maximum Gasteiger partial charge on any atom is 0.271 e. The van der Waals surface area contributed by atoms with Gasteiger partial charge in [-0.1, -0.05) is 29.3 Å². The van der Waals surface area contributed by atoms with Crippen LogP contribution in [-0.2, 0) is 17.8 Å². The summed E-state index contributed by atoms with van der Waals surface area (Å²) < 4.78 is 8.77. The number of halogens is 2. The first-order valence-electron chi connectivity index (χ1n) is 9.86. The highest BCUT2D eigenvalue weighted by Gasteiger charge is 2.18. The summed E-state index contributed by atoms with van der Waals surface area (Å²) in [7, 11) is 0. The molecule has 0 saturated carbocycles. The second-order valence-corrected chi connectivity index (χ2v) is 8.10. The van der Waals surface area contributed by atoms with Gasteiger partial charge in [0.2, 0.25) is 0 Å². The molecule has 0 bridgehead atoms. The lowest BCUT2D eigenvalue weighted by molar-refractivity contribution is 0.0996. The van der Waals surface area contributed by atoms with Crippen molar-refractivity contribution in [3.63, 3.8) is 0 Å². The molecule has 4 aromatic rings. The van der Waals surface area contributed by atoms with Gasteiger partial charge >= 0.3 is 0 Å². The second kappa shape index (κ2) is 8.31. The van der Waals surface area contributed by atoms with E-state index < -0.39 is 5.91 Å². The van der Waals surface area contributed by atoms with Crippen molar-refractivity contribution in [1.29, 1.82) is 0 Å².